The predicted molar refractivity (Wildman–Crippen MR) is 75.8 cm³/mol. The van der Waals surface area contributed by atoms with Gasteiger partial charge >= 0.3 is 5.97 Å². The first-order valence-electron chi connectivity index (χ1n) is 6.72. The summed E-state index contributed by atoms with van der Waals surface area (Å²) in [5.41, 5.74) is 0.404. The monoisotopic (exact) mass is 297 g/mol. The first kappa shape index (κ1) is 16.9. The molecule has 0 heterocycles. The summed E-state index contributed by atoms with van der Waals surface area (Å²) in [6.45, 7) is 3.28. The molecule has 0 aromatic heterocycles. The number of carbonyl (C=O) groups is 2. The summed E-state index contributed by atoms with van der Waals surface area (Å²) in [5.74, 6) is -1.50. The highest BCUT2D eigenvalue weighted by Crippen LogP contribution is 2.21. The SMILES string of the molecule is CCC(C)N(CC(=O)O)C(=O)Cc1cc(F)ccc1OC. The van der Waals surface area contributed by atoms with Crippen molar-refractivity contribution in [2.75, 3.05) is 13.7 Å². The van der Waals surface area contributed by atoms with Crippen molar-refractivity contribution in [2.45, 2.75) is 32.7 Å². The molecule has 1 N–H and O–H groups in total. The molecule has 0 spiro atoms. The van der Waals surface area contributed by atoms with Crippen LogP contribution in [0.15, 0.2) is 18.2 Å². The minimum atomic E-state index is -1.07. The van der Waals surface area contributed by atoms with Gasteiger partial charge in [0, 0.05) is 11.6 Å². The number of hydrogen-bond acceptors (Lipinski definition) is 3. The average molecular weight is 297 g/mol. The van der Waals surface area contributed by atoms with Gasteiger partial charge in [0.2, 0.25) is 5.91 Å². The molecule has 1 amide bonds. The zero-order valence-corrected chi connectivity index (χ0v) is 12.4. The van der Waals surface area contributed by atoms with Crippen molar-refractivity contribution in [1.29, 1.82) is 0 Å². The van der Waals surface area contributed by atoms with Gasteiger partial charge in [-0.05, 0) is 31.5 Å². The van der Waals surface area contributed by atoms with Crippen LogP contribution in [-0.2, 0) is 16.0 Å². The largest absolute Gasteiger partial charge is 0.496 e. The zero-order valence-electron chi connectivity index (χ0n) is 12.4. The number of nitrogens with zero attached hydrogens (tertiary/aromatic N) is 1. The van der Waals surface area contributed by atoms with E-state index in [0.29, 0.717) is 17.7 Å². The van der Waals surface area contributed by atoms with Crippen molar-refractivity contribution in [3.8, 4) is 5.75 Å². The van der Waals surface area contributed by atoms with Gasteiger partial charge in [-0.15, -0.1) is 0 Å². The number of benzene rings is 1. The van der Waals surface area contributed by atoms with Crippen molar-refractivity contribution in [3.63, 3.8) is 0 Å². The van der Waals surface area contributed by atoms with E-state index in [0.717, 1.165) is 0 Å². The van der Waals surface area contributed by atoms with Crippen LogP contribution < -0.4 is 4.74 Å². The van der Waals surface area contributed by atoms with Gasteiger partial charge in [0.05, 0.1) is 13.5 Å². The molecule has 1 unspecified atom stereocenters. The third kappa shape index (κ3) is 4.73. The number of ether oxygens (including phenoxy) is 1. The summed E-state index contributed by atoms with van der Waals surface area (Å²) in [6.07, 6.45) is 0.540. The Morgan fingerprint density at radius 2 is 2.10 bits per heavy atom. The molecule has 21 heavy (non-hydrogen) atoms. The molecule has 0 radical (unpaired) electrons. The smallest absolute Gasteiger partial charge is 0.323 e. The van der Waals surface area contributed by atoms with E-state index in [1.165, 1.54) is 30.2 Å². The van der Waals surface area contributed by atoms with Crippen molar-refractivity contribution in [3.05, 3.63) is 29.6 Å². The van der Waals surface area contributed by atoms with Crippen LogP contribution in [0, 0.1) is 5.82 Å². The number of methoxy groups -OCH3 is 1. The maximum absolute atomic E-state index is 13.3. The van der Waals surface area contributed by atoms with Crippen LogP contribution in [0.2, 0.25) is 0 Å². The van der Waals surface area contributed by atoms with E-state index in [-0.39, 0.29) is 24.9 Å². The second-order valence-electron chi connectivity index (χ2n) is 4.81. The third-order valence-corrected chi connectivity index (χ3v) is 3.33. The number of carbonyl (C=O) groups excluding carboxylic acids is 1. The molecule has 0 bridgehead atoms. The minimum Gasteiger partial charge on any atom is -0.496 e. The van der Waals surface area contributed by atoms with Gasteiger partial charge < -0.3 is 14.7 Å². The van der Waals surface area contributed by atoms with E-state index in [9.17, 15) is 14.0 Å². The Labute approximate surface area is 123 Å². The first-order valence-corrected chi connectivity index (χ1v) is 6.72. The molecule has 0 saturated carbocycles. The van der Waals surface area contributed by atoms with Crippen LogP contribution >= 0.6 is 0 Å². The summed E-state index contributed by atoms with van der Waals surface area (Å²) < 4.78 is 18.4. The highest BCUT2D eigenvalue weighted by Gasteiger charge is 2.22. The number of rotatable bonds is 7. The molecule has 6 heteroatoms. The lowest BCUT2D eigenvalue weighted by Crippen LogP contribution is -2.42. The van der Waals surface area contributed by atoms with Crippen LogP contribution in [0.1, 0.15) is 25.8 Å². The van der Waals surface area contributed by atoms with Crippen LogP contribution in [0.25, 0.3) is 0 Å². The maximum atomic E-state index is 13.3. The van der Waals surface area contributed by atoms with E-state index in [4.69, 9.17) is 9.84 Å². The van der Waals surface area contributed by atoms with Crippen molar-refractivity contribution >= 4 is 11.9 Å². The fraction of sp³-hybridized carbons (Fsp3) is 0.467. The van der Waals surface area contributed by atoms with Crippen LogP contribution in [0.4, 0.5) is 4.39 Å². The third-order valence-electron chi connectivity index (χ3n) is 3.33. The Morgan fingerprint density at radius 3 is 2.62 bits per heavy atom. The molecular weight excluding hydrogens is 277 g/mol. The number of aliphatic carboxylic acids is 1. The minimum absolute atomic E-state index is 0.0987. The van der Waals surface area contributed by atoms with Crippen molar-refractivity contribution < 1.29 is 23.8 Å². The van der Waals surface area contributed by atoms with Crippen molar-refractivity contribution in [1.82, 2.24) is 4.90 Å². The molecule has 116 valence electrons. The number of carboxylic acids is 1. The lowest BCUT2D eigenvalue weighted by Gasteiger charge is -2.27. The molecule has 1 rings (SSSR count). The summed E-state index contributed by atoms with van der Waals surface area (Å²) in [7, 11) is 1.44. The summed E-state index contributed by atoms with van der Waals surface area (Å²) in [5, 5.41) is 8.91. The average Bonchev–Trinajstić information content (AvgIpc) is 2.44. The van der Waals surface area contributed by atoms with Crippen LogP contribution in [0.5, 0.6) is 5.75 Å². The molecule has 0 aliphatic heterocycles. The number of amides is 1. The van der Waals surface area contributed by atoms with E-state index in [1.807, 2.05) is 6.92 Å². The predicted octanol–water partition coefficient (Wildman–Crippen LogP) is 2.09. The summed E-state index contributed by atoms with van der Waals surface area (Å²) >= 11 is 0. The Balaban J connectivity index is 2.95. The summed E-state index contributed by atoms with van der Waals surface area (Å²) in [6, 6.07) is 3.72. The van der Waals surface area contributed by atoms with Crippen LogP contribution in [-0.4, -0.2) is 41.6 Å². The molecule has 0 aliphatic rings. The Bertz CT molecular complexity index is 518. The van der Waals surface area contributed by atoms with Crippen molar-refractivity contribution in [2.24, 2.45) is 0 Å². The van der Waals surface area contributed by atoms with Gasteiger partial charge in [-0.25, -0.2) is 4.39 Å². The molecule has 1 aromatic carbocycles. The summed E-state index contributed by atoms with van der Waals surface area (Å²) in [4.78, 5) is 24.5. The molecule has 0 aliphatic carbocycles. The molecule has 0 saturated heterocycles. The van der Waals surface area contributed by atoms with E-state index in [1.54, 1.807) is 6.92 Å². The molecule has 0 fully saturated rings. The molecule has 1 aromatic rings. The van der Waals surface area contributed by atoms with Gasteiger partial charge in [0.15, 0.2) is 0 Å². The Morgan fingerprint density at radius 1 is 1.43 bits per heavy atom. The second-order valence-corrected chi connectivity index (χ2v) is 4.81. The fourth-order valence-corrected chi connectivity index (χ4v) is 2.01. The zero-order chi connectivity index (χ0) is 16.0. The molecule has 1 atom stereocenters. The highest BCUT2D eigenvalue weighted by atomic mass is 19.1. The standard InChI is InChI=1S/C15H20FNO4/c1-4-10(2)17(9-15(19)20)14(18)8-11-7-12(16)5-6-13(11)21-3/h5-7,10H,4,8-9H2,1-3H3,(H,19,20). The number of halogens is 1. The van der Waals surface area contributed by atoms with Gasteiger partial charge in [-0.1, -0.05) is 6.92 Å². The Hall–Kier alpha value is -2.11. The number of hydrogen-bond donors (Lipinski definition) is 1. The van der Waals surface area contributed by atoms with E-state index < -0.39 is 11.8 Å². The lowest BCUT2D eigenvalue weighted by atomic mass is 10.1. The molecule has 5 nitrogen and oxygen atoms in total. The highest BCUT2D eigenvalue weighted by molar-refractivity contribution is 5.83. The van der Waals surface area contributed by atoms with Crippen LogP contribution in [0.3, 0.4) is 0 Å². The van der Waals surface area contributed by atoms with E-state index in [2.05, 4.69) is 0 Å². The van der Waals surface area contributed by atoms with Gasteiger partial charge in [0.1, 0.15) is 18.1 Å². The fourth-order valence-electron chi connectivity index (χ4n) is 2.01. The normalized spacial score (nSPS) is 11.8. The van der Waals surface area contributed by atoms with Gasteiger partial charge in [-0.3, -0.25) is 9.59 Å². The topological polar surface area (TPSA) is 66.8 Å². The van der Waals surface area contributed by atoms with Gasteiger partial charge in [-0.2, -0.15) is 0 Å². The molecular formula is C15H20FNO4. The first-order chi connectivity index (χ1) is 9.88. The lowest BCUT2D eigenvalue weighted by molar-refractivity contribution is -0.145. The second kappa shape index (κ2) is 7.61. The van der Waals surface area contributed by atoms with Gasteiger partial charge in [0.25, 0.3) is 0 Å². The van der Waals surface area contributed by atoms with E-state index >= 15 is 0 Å². The Kier molecular flexibility index (Phi) is 6.14. The number of carboxylic acid groups (broad SMARTS) is 1. The quantitative estimate of drug-likeness (QED) is 0.837. The maximum Gasteiger partial charge on any atom is 0.323 e.